The number of aliphatic carboxylic acids is 1. The molecule has 21 heavy (non-hydrogen) atoms. The highest BCUT2D eigenvalue weighted by atomic mass is 32.2. The Balaban J connectivity index is 2.21. The molecule has 1 heterocycles. The van der Waals surface area contributed by atoms with E-state index in [0.29, 0.717) is 12.2 Å². The average molecular weight is 307 g/mol. The molecule has 1 aromatic carbocycles. The Morgan fingerprint density at radius 2 is 2.00 bits per heavy atom. The van der Waals surface area contributed by atoms with Crippen molar-refractivity contribution in [3.05, 3.63) is 29.8 Å². The summed E-state index contributed by atoms with van der Waals surface area (Å²) in [5.41, 5.74) is 1.79. The van der Waals surface area contributed by atoms with Gasteiger partial charge in [0.2, 0.25) is 5.91 Å². The number of fused-ring (bicyclic) bond motifs is 1. The number of rotatable bonds is 3. The van der Waals surface area contributed by atoms with Crippen LogP contribution in [0.4, 0.5) is 5.69 Å². The summed E-state index contributed by atoms with van der Waals surface area (Å²) in [6.45, 7) is 6.45. The molecule has 0 spiro atoms. The van der Waals surface area contributed by atoms with E-state index in [1.165, 1.54) is 0 Å². The van der Waals surface area contributed by atoms with Gasteiger partial charge in [0.15, 0.2) is 0 Å². The van der Waals surface area contributed by atoms with Crippen LogP contribution in [0.2, 0.25) is 0 Å². The minimum absolute atomic E-state index is 0.0111. The first-order valence-corrected chi connectivity index (χ1v) is 8.01. The molecule has 4 nitrogen and oxygen atoms in total. The summed E-state index contributed by atoms with van der Waals surface area (Å²) < 4.78 is 0.0111. The van der Waals surface area contributed by atoms with Crippen molar-refractivity contribution in [2.75, 3.05) is 17.2 Å². The SMILES string of the molecule is CC(C)(C)SCC(=O)N1CC(C(=O)O)Cc2ccccc21. The lowest BCUT2D eigenvalue weighted by Gasteiger charge is -2.33. The van der Waals surface area contributed by atoms with Gasteiger partial charge in [-0.1, -0.05) is 39.0 Å². The Bertz CT molecular complexity index is 551. The van der Waals surface area contributed by atoms with E-state index in [4.69, 9.17) is 0 Å². The quantitative estimate of drug-likeness (QED) is 0.933. The Morgan fingerprint density at radius 1 is 1.33 bits per heavy atom. The third-order valence-corrected chi connectivity index (χ3v) is 4.69. The molecule has 1 aliphatic rings. The summed E-state index contributed by atoms with van der Waals surface area (Å²) >= 11 is 1.58. The second-order valence-corrected chi connectivity index (χ2v) is 8.08. The lowest BCUT2D eigenvalue weighted by Crippen LogP contribution is -2.43. The third kappa shape index (κ3) is 4.00. The van der Waals surface area contributed by atoms with Crippen LogP contribution in [0.5, 0.6) is 0 Å². The van der Waals surface area contributed by atoms with Crippen molar-refractivity contribution < 1.29 is 14.7 Å². The zero-order valence-corrected chi connectivity index (χ0v) is 13.4. The van der Waals surface area contributed by atoms with Crippen LogP contribution in [-0.4, -0.2) is 34.0 Å². The van der Waals surface area contributed by atoms with Crippen LogP contribution in [-0.2, 0) is 16.0 Å². The molecule has 1 atom stereocenters. The summed E-state index contributed by atoms with van der Waals surface area (Å²) in [6.07, 6.45) is 0.488. The standard InChI is InChI=1S/C16H21NO3S/c1-16(2,3)21-10-14(18)17-9-12(15(19)20)8-11-6-4-5-7-13(11)17/h4-7,12H,8-10H2,1-3H3,(H,19,20). The van der Waals surface area contributed by atoms with E-state index >= 15 is 0 Å². The predicted octanol–water partition coefficient (Wildman–Crippen LogP) is 2.81. The monoisotopic (exact) mass is 307 g/mol. The van der Waals surface area contributed by atoms with Gasteiger partial charge >= 0.3 is 5.97 Å². The molecule has 0 saturated heterocycles. The largest absolute Gasteiger partial charge is 0.481 e. The van der Waals surface area contributed by atoms with Crippen LogP contribution in [0, 0.1) is 5.92 Å². The number of hydrogen-bond acceptors (Lipinski definition) is 3. The van der Waals surface area contributed by atoms with Crippen LogP contribution in [0.25, 0.3) is 0 Å². The van der Waals surface area contributed by atoms with E-state index in [0.717, 1.165) is 11.3 Å². The highest BCUT2D eigenvalue weighted by Gasteiger charge is 2.32. The minimum Gasteiger partial charge on any atom is -0.481 e. The van der Waals surface area contributed by atoms with Crippen molar-refractivity contribution in [1.82, 2.24) is 0 Å². The number of hydrogen-bond donors (Lipinski definition) is 1. The van der Waals surface area contributed by atoms with Crippen LogP contribution in [0.15, 0.2) is 24.3 Å². The molecule has 1 aromatic rings. The Morgan fingerprint density at radius 3 is 2.62 bits per heavy atom. The molecule has 0 aliphatic carbocycles. The van der Waals surface area contributed by atoms with Crippen molar-refractivity contribution in [2.24, 2.45) is 5.92 Å². The zero-order chi connectivity index (χ0) is 15.6. The molecule has 1 unspecified atom stereocenters. The molecule has 0 aromatic heterocycles. The fourth-order valence-corrected chi connectivity index (χ4v) is 3.07. The van der Waals surface area contributed by atoms with Gasteiger partial charge in [-0.2, -0.15) is 0 Å². The smallest absolute Gasteiger partial charge is 0.308 e. The van der Waals surface area contributed by atoms with Crippen molar-refractivity contribution in [3.8, 4) is 0 Å². The van der Waals surface area contributed by atoms with Crippen molar-refractivity contribution in [1.29, 1.82) is 0 Å². The van der Waals surface area contributed by atoms with E-state index in [9.17, 15) is 14.7 Å². The molecule has 5 heteroatoms. The predicted molar refractivity (Wildman–Crippen MR) is 85.8 cm³/mol. The number of nitrogens with zero attached hydrogens (tertiary/aromatic N) is 1. The summed E-state index contributed by atoms with van der Waals surface area (Å²) in [5.74, 6) is -1.02. The lowest BCUT2D eigenvalue weighted by atomic mass is 9.92. The maximum absolute atomic E-state index is 12.5. The molecule has 2 rings (SSSR count). The topological polar surface area (TPSA) is 57.6 Å². The van der Waals surface area contributed by atoms with Gasteiger partial charge < -0.3 is 10.0 Å². The maximum atomic E-state index is 12.5. The first kappa shape index (κ1) is 15.9. The Labute approximate surface area is 129 Å². The number of carboxylic acid groups (broad SMARTS) is 1. The molecule has 0 fully saturated rings. The molecule has 0 radical (unpaired) electrons. The third-order valence-electron chi connectivity index (χ3n) is 3.43. The summed E-state index contributed by atoms with van der Waals surface area (Å²) in [7, 11) is 0. The van der Waals surface area contributed by atoms with Gasteiger partial charge in [0, 0.05) is 17.0 Å². The molecule has 0 saturated carbocycles. The highest BCUT2D eigenvalue weighted by molar-refractivity contribution is 8.01. The van der Waals surface area contributed by atoms with Crippen molar-refractivity contribution in [2.45, 2.75) is 31.9 Å². The zero-order valence-electron chi connectivity index (χ0n) is 12.6. The number of anilines is 1. The summed E-state index contributed by atoms with van der Waals surface area (Å²) in [6, 6.07) is 7.57. The fraction of sp³-hybridized carbons (Fsp3) is 0.500. The van der Waals surface area contributed by atoms with Crippen LogP contribution < -0.4 is 4.90 Å². The molecule has 1 amide bonds. The highest BCUT2D eigenvalue weighted by Crippen LogP contribution is 2.31. The van der Waals surface area contributed by atoms with Crippen LogP contribution in [0.3, 0.4) is 0 Å². The number of carbonyl (C=O) groups is 2. The molecule has 0 bridgehead atoms. The minimum atomic E-state index is -0.842. The molecular formula is C16H21NO3S. The van der Waals surface area contributed by atoms with Crippen molar-refractivity contribution in [3.63, 3.8) is 0 Å². The Hall–Kier alpha value is -1.49. The number of carboxylic acids is 1. The van der Waals surface area contributed by atoms with Gasteiger partial charge in [0.25, 0.3) is 0 Å². The van der Waals surface area contributed by atoms with Crippen molar-refractivity contribution >= 4 is 29.3 Å². The van der Waals surface area contributed by atoms with Crippen LogP contribution in [0.1, 0.15) is 26.3 Å². The van der Waals surface area contributed by atoms with E-state index in [-0.39, 0.29) is 17.2 Å². The summed E-state index contributed by atoms with van der Waals surface area (Å²) in [5, 5.41) is 9.28. The molecule has 114 valence electrons. The molecular weight excluding hydrogens is 286 g/mol. The average Bonchev–Trinajstić information content (AvgIpc) is 2.42. The van der Waals surface area contributed by atoms with E-state index in [1.807, 2.05) is 24.3 Å². The van der Waals surface area contributed by atoms with Gasteiger partial charge in [-0.25, -0.2) is 0 Å². The van der Waals surface area contributed by atoms with E-state index < -0.39 is 11.9 Å². The van der Waals surface area contributed by atoms with Gasteiger partial charge in [-0.15, -0.1) is 11.8 Å². The summed E-state index contributed by atoms with van der Waals surface area (Å²) in [4.78, 5) is 25.4. The number of carbonyl (C=O) groups excluding carboxylic acids is 1. The maximum Gasteiger partial charge on any atom is 0.308 e. The van der Waals surface area contributed by atoms with Gasteiger partial charge in [-0.05, 0) is 18.1 Å². The number of benzene rings is 1. The van der Waals surface area contributed by atoms with Gasteiger partial charge in [-0.3, -0.25) is 9.59 Å². The number of amides is 1. The van der Waals surface area contributed by atoms with Gasteiger partial charge in [0.05, 0.1) is 11.7 Å². The molecule has 1 N–H and O–H groups in total. The van der Waals surface area contributed by atoms with Crippen LogP contribution >= 0.6 is 11.8 Å². The Kier molecular flexibility index (Phi) is 4.61. The lowest BCUT2D eigenvalue weighted by molar-refractivity contribution is -0.141. The van der Waals surface area contributed by atoms with E-state index in [1.54, 1.807) is 16.7 Å². The first-order chi connectivity index (χ1) is 9.78. The van der Waals surface area contributed by atoms with E-state index in [2.05, 4.69) is 20.8 Å². The normalized spacial score (nSPS) is 18.2. The molecule has 1 aliphatic heterocycles. The van der Waals surface area contributed by atoms with Gasteiger partial charge in [0.1, 0.15) is 0 Å². The second kappa shape index (κ2) is 6.10. The number of thioether (sulfide) groups is 1. The fourth-order valence-electron chi connectivity index (χ4n) is 2.35. The number of para-hydroxylation sites is 1. The second-order valence-electron chi connectivity index (χ2n) is 6.27. The first-order valence-electron chi connectivity index (χ1n) is 7.03.